The van der Waals surface area contributed by atoms with Crippen molar-refractivity contribution in [2.45, 2.75) is 37.8 Å². The van der Waals surface area contributed by atoms with Crippen molar-refractivity contribution >= 4 is 44.5 Å². The van der Waals surface area contributed by atoms with Crippen LogP contribution in [0.1, 0.15) is 32.3 Å². The first kappa shape index (κ1) is 22.5. The normalized spacial score (nSPS) is 17.7. The summed E-state index contributed by atoms with van der Waals surface area (Å²) >= 11 is 1.18. The van der Waals surface area contributed by atoms with Gasteiger partial charge in [-0.2, -0.15) is 4.31 Å². The van der Waals surface area contributed by atoms with E-state index in [1.54, 1.807) is 29.6 Å². The van der Waals surface area contributed by atoms with Crippen molar-refractivity contribution in [2.75, 3.05) is 23.7 Å². The van der Waals surface area contributed by atoms with Crippen molar-refractivity contribution in [3.05, 3.63) is 41.3 Å². The monoisotopic (exact) mass is 449 g/mol. The van der Waals surface area contributed by atoms with E-state index in [2.05, 4.69) is 10.6 Å². The quantitative estimate of drug-likeness (QED) is 0.703. The van der Waals surface area contributed by atoms with Gasteiger partial charge in [0.1, 0.15) is 4.21 Å². The van der Waals surface area contributed by atoms with E-state index in [-0.39, 0.29) is 24.3 Å². The Hall–Kier alpha value is -2.23. The number of carbonyl (C=O) groups excluding carboxylic acids is 2. The zero-order valence-electron chi connectivity index (χ0n) is 17.3. The number of thiophene rings is 1. The van der Waals surface area contributed by atoms with Gasteiger partial charge >= 0.3 is 0 Å². The van der Waals surface area contributed by atoms with Gasteiger partial charge in [-0.3, -0.25) is 9.59 Å². The molecule has 0 saturated carbocycles. The zero-order chi connectivity index (χ0) is 21.9. The number of hydrogen-bond donors (Lipinski definition) is 2. The van der Waals surface area contributed by atoms with Crippen LogP contribution in [0.5, 0.6) is 0 Å². The minimum Gasteiger partial charge on any atom is -0.326 e. The smallest absolute Gasteiger partial charge is 0.252 e. The molecule has 1 aromatic heterocycles. The molecule has 0 radical (unpaired) electrons. The third-order valence-corrected chi connectivity index (χ3v) is 8.37. The van der Waals surface area contributed by atoms with Gasteiger partial charge in [0.15, 0.2) is 0 Å². The van der Waals surface area contributed by atoms with Gasteiger partial charge in [-0.15, -0.1) is 11.3 Å². The Labute approximate surface area is 181 Å². The lowest BCUT2D eigenvalue weighted by Gasteiger charge is -2.31. The van der Waals surface area contributed by atoms with E-state index in [9.17, 15) is 18.0 Å². The number of carbonyl (C=O) groups is 2. The first-order chi connectivity index (χ1) is 14.2. The molecule has 1 aromatic carbocycles. The van der Waals surface area contributed by atoms with Gasteiger partial charge in [0.25, 0.3) is 10.0 Å². The predicted octanol–water partition coefficient (Wildman–Crippen LogP) is 3.69. The van der Waals surface area contributed by atoms with Gasteiger partial charge in [-0.25, -0.2) is 8.42 Å². The fraction of sp³-hybridized carbons (Fsp3) is 0.429. The number of anilines is 2. The van der Waals surface area contributed by atoms with Gasteiger partial charge in [0.2, 0.25) is 11.8 Å². The number of sulfonamides is 1. The van der Waals surface area contributed by atoms with E-state index in [0.717, 1.165) is 5.56 Å². The van der Waals surface area contributed by atoms with E-state index < -0.39 is 15.9 Å². The van der Waals surface area contributed by atoms with Gasteiger partial charge < -0.3 is 10.6 Å². The van der Waals surface area contributed by atoms with Crippen molar-refractivity contribution in [2.24, 2.45) is 11.8 Å². The zero-order valence-corrected chi connectivity index (χ0v) is 19.0. The number of piperidine rings is 1. The summed E-state index contributed by atoms with van der Waals surface area (Å²) in [5.41, 5.74) is 2.09. The molecule has 1 atom stereocenters. The molecule has 2 aromatic rings. The van der Waals surface area contributed by atoms with Crippen LogP contribution in [0, 0.1) is 18.8 Å². The van der Waals surface area contributed by atoms with Crippen molar-refractivity contribution in [1.82, 2.24) is 4.31 Å². The summed E-state index contributed by atoms with van der Waals surface area (Å²) in [6.07, 6.45) is 1.26. The molecule has 3 rings (SSSR count). The average Bonchev–Trinajstić information content (AvgIpc) is 3.26. The first-order valence-electron chi connectivity index (χ1n) is 9.94. The van der Waals surface area contributed by atoms with Crippen LogP contribution in [0.4, 0.5) is 11.4 Å². The number of benzene rings is 1. The molecule has 0 spiro atoms. The topological polar surface area (TPSA) is 95.6 Å². The van der Waals surface area contributed by atoms with Gasteiger partial charge in [-0.1, -0.05) is 26.0 Å². The van der Waals surface area contributed by atoms with Crippen LogP contribution in [0.25, 0.3) is 0 Å². The average molecular weight is 450 g/mol. The second-order valence-electron chi connectivity index (χ2n) is 7.80. The minimum absolute atomic E-state index is 0.0992. The summed E-state index contributed by atoms with van der Waals surface area (Å²) in [6, 6.07) is 8.65. The molecule has 0 bridgehead atoms. The van der Waals surface area contributed by atoms with E-state index >= 15 is 0 Å². The Morgan fingerprint density at radius 3 is 2.63 bits per heavy atom. The maximum atomic E-state index is 12.9. The Kier molecular flexibility index (Phi) is 6.95. The molecular weight excluding hydrogens is 422 g/mol. The van der Waals surface area contributed by atoms with Crippen LogP contribution < -0.4 is 10.6 Å². The van der Waals surface area contributed by atoms with Crippen LogP contribution in [0.2, 0.25) is 0 Å². The summed E-state index contributed by atoms with van der Waals surface area (Å²) in [5.74, 6) is -0.890. The highest BCUT2D eigenvalue weighted by molar-refractivity contribution is 7.91. The lowest BCUT2D eigenvalue weighted by atomic mass is 9.98. The number of amides is 2. The van der Waals surface area contributed by atoms with Crippen LogP contribution in [0.3, 0.4) is 0 Å². The van der Waals surface area contributed by atoms with Gasteiger partial charge in [0, 0.05) is 30.4 Å². The summed E-state index contributed by atoms with van der Waals surface area (Å²) in [7, 11) is -3.57. The SMILES string of the molecule is Cc1ccc(NC(=O)C(C)C)cc1NC(=O)C1CCCN(S(=O)(=O)c2cccs2)C1. The van der Waals surface area contributed by atoms with E-state index in [0.29, 0.717) is 35.0 Å². The van der Waals surface area contributed by atoms with Gasteiger partial charge in [-0.05, 0) is 48.9 Å². The lowest BCUT2D eigenvalue weighted by molar-refractivity contribution is -0.121. The molecule has 1 aliphatic heterocycles. The maximum absolute atomic E-state index is 12.9. The molecular formula is C21H27N3O4S2. The van der Waals surface area contributed by atoms with Gasteiger partial charge in [0.05, 0.1) is 5.92 Å². The summed E-state index contributed by atoms with van der Waals surface area (Å²) in [6.45, 7) is 6.07. The molecule has 2 amide bonds. The molecule has 162 valence electrons. The van der Waals surface area contributed by atoms with Crippen LogP contribution in [-0.4, -0.2) is 37.6 Å². The molecule has 1 unspecified atom stereocenters. The molecule has 2 N–H and O–H groups in total. The Balaban J connectivity index is 1.70. The maximum Gasteiger partial charge on any atom is 0.252 e. The standard InChI is InChI=1S/C21H27N3O4S2/c1-14(2)20(25)22-17-9-8-15(3)18(12-17)23-21(26)16-6-4-10-24(13-16)30(27,28)19-7-5-11-29-19/h5,7-9,11-12,14,16H,4,6,10,13H2,1-3H3,(H,22,25)(H,23,26). The summed E-state index contributed by atoms with van der Waals surface area (Å²) in [4.78, 5) is 24.8. The number of nitrogens with zero attached hydrogens (tertiary/aromatic N) is 1. The predicted molar refractivity (Wildman–Crippen MR) is 119 cm³/mol. The first-order valence-corrected chi connectivity index (χ1v) is 12.3. The van der Waals surface area contributed by atoms with E-state index in [4.69, 9.17) is 0 Å². The highest BCUT2D eigenvalue weighted by atomic mass is 32.2. The number of rotatable bonds is 6. The van der Waals surface area contributed by atoms with E-state index in [1.165, 1.54) is 15.6 Å². The Morgan fingerprint density at radius 1 is 1.20 bits per heavy atom. The Morgan fingerprint density at radius 2 is 1.97 bits per heavy atom. The molecule has 2 heterocycles. The van der Waals surface area contributed by atoms with Crippen LogP contribution in [-0.2, 0) is 19.6 Å². The van der Waals surface area contributed by atoms with Crippen molar-refractivity contribution < 1.29 is 18.0 Å². The largest absolute Gasteiger partial charge is 0.326 e. The van der Waals surface area contributed by atoms with Crippen LogP contribution in [0.15, 0.2) is 39.9 Å². The van der Waals surface area contributed by atoms with E-state index in [1.807, 2.05) is 26.8 Å². The lowest BCUT2D eigenvalue weighted by Crippen LogP contribution is -2.43. The summed E-state index contributed by atoms with van der Waals surface area (Å²) < 4.78 is 27.3. The Bertz CT molecular complexity index is 1020. The summed E-state index contributed by atoms with van der Waals surface area (Å²) in [5, 5.41) is 7.48. The molecule has 1 saturated heterocycles. The minimum atomic E-state index is -3.57. The fourth-order valence-corrected chi connectivity index (χ4v) is 5.94. The molecule has 9 heteroatoms. The van der Waals surface area contributed by atoms with Crippen molar-refractivity contribution in [1.29, 1.82) is 0 Å². The number of hydrogen-bond acceptors (Lipinski definition) is 5. The molecule has 0 aliphatic carbocycles. The van der Waals surface area contributed by atoms with Crippen molar-refractivity contribution in [3.63, 3.8) is 0 Å². The second-order valence-corrected chi connectivity index (χ2v) is 10.9. The van der Waals surface area contributed by atoms with Crippen LogP contribution >= 0.6 is 11.3 Å². The molecule has 7 nitrogen and oxygen atoms in total. The molecule has 1 aliphatic rings. The molecule has 1 fully saturated rings. The third-order valence-electron chi connectivity index (χ3n) is 5.13. The van der Waals surface area contributed by atoms with Crippen molar-refractivity contribution in [3.8, 4) is 0 Å². The second kappa shape index (κ2) is 9.28. The molecule has 30 heavy (non-hydrogen) atoms. The number of nitrogens with one attached hydrogen (secondary N) is 2. The number of aryl methyl sites for hydroxylation is 1. The third kappa shape index (κ3) is 5.08. The highest BCUT2D eigenvalue weighted by Gasteiger charge is 2.34. The fourth-order valence-electron chi connectivity index (χ4n) is 3.27. The highest BCUT2D eigenvalue weighted by Crippen LogP contribution is 2.28.